The van der Waals surface area contributed by atoms with E-state index in [2.05, 4.69) is 30.8 Å². The lowest BCUT2D eigenvalue weighted by atomic mass is 10.3. The van der Waals surface area contributed by atoms with Crippen molar-refractivity contribution < 1.29 is 8.42 Å². The third-order valence-corrected chi connectivity index (χ3v) is 7.51. The highest BCUT2D eigenvalue weighted by Gasteiger charge is 2.29. The predicted octanol–water partition coefficient (Wildman–Crippen LogP) is 2.83. The molecule has 1 N–H and O–H groups in total. The number of piperazine rings is 1. The fourth-order valence-electron chi connectivity index (χ4n) is 3.21. The Hall–Kier alpha value is -1.74. The third kappa shape index (κ3) is 3.42. The third-order valence-electron chi connectivity index (χ3n) is 4.60. The van der Waals surface area contributed by atoms with Gasteiger partial charge in [0.2, 0.25) is 10.0 Å². The van der Waals surface area contributed by atoms with Crippen molar-refractivity contribution in [3.05, 3.63) is 58.8 Å². The number of hydrogen-bond acceptors (Lipinski definition) is 4. The summed E-state index contributed by atoms with van der Waals surface area (Å²) in [5.41, 5.74) is 1.98. The summed E-state index contributed by atoms with van der Waals surface area (Å²) in [5, 5.41) is 0. The molecule has 1 fully saturated rings. The first-order chi connectivity index (χ1) is 12.5. The molecule has 0 atom stereocenters. The van der Waals surface area contributed by atoms with Crippen molar-refractivity contribution >= 4 is 37.0 Å². The van der Waals surface area contributed by atoms with Crippen LogP contribution in [0.2, 0.25) is 0 Å². The molecule has 8 heteroatoms. The smallest absolute Gasteiger partial charge is 0.244 e. The van der Waals surface area contributed by atoms with Crippen LogP contribution in [0.15, 0.2) is 57.9 Å². The van der Waals surface area contributed by atoms with E-state index in [4.69, 9.17) is 0 Å². The number of nitrogens with zero attached hydrogens (tertiary/aromatic N) is 3. The highest BCUT2D eigenvalue weighted by atomic mass is 79.9. The van der Waals surface area contributed by atoms with E-state index < -0.39 is 10.0 Å². The van der Waals surface area contributed by atoms with Crippen LogP contribution in [0.4, 0.5) is 0 Å². The molecule has 26 heavy (non-hydrogen) atoms. The maximum absolute atomic E-state index is 12.8. The van der Waals surface area contributed by atoms with Gasteiger partial charge < -0.3 is 4.98 Å². The molecule has 0 bridgehead atoms. The molecular formula is C18H19BrN4O2S. The molecule has 2 heterocycles. The van der Waals surface area contributed by atoms with Crippen molar-refractivity contribution in [1.29, 1.82) is 0 Å². The summed E-state index contributed by atoms with van der Waals surface area (Å²) < 4.78 is 27.9. The zero-order chi connectivity index (χ0) is 18.1. The van der Waals surface area contributed by atoms with Crippen LogP contribution in [0.3, 0.4) is 0 Å². The van der Waals surface area contributed by atoms with E-state index in [0.717, 1.165) is 16.9 Å². The number of aromatic nitrogens is 2. The van der Waals surface area contributed by atoms with Crippen LogP contribution < -0.4 is 0 Å². The standard InChI is InChI=1S/C18H19BrN4O2S/c19-14-5-1-4-8-17(14)26(24,25)23-11-9-22(10-12-23)13-18-20-15-6-2-3-7-16(15)21-18/h1-8H,9-13H2,(H,20,21). The van der Waals surface area contributed by atoms with E-state index in [1.165, 1.54) is 0 Å². The zero-order valence-electron chi connectivity index (χ0n) is 14.1. The molecule has 0 unspecified atom stereocenters. The predicted molar refractivity (Wildman–Crippen MR) is 104 cm³/mol. The van der Waals surface area contributed by atoms with Crippen LogP contribution in [0.25, 0.3) is 11.0 Å². The van der Waals surface area contributed by atoms with Crippen LogP contribution in [0, 0.1) is 0 Å². The molecule has 136 valence electrons. The average molecular weight is 435 g/mol. The summed E-state index contributed by atoms with van der Waals surface area (Å²) in [4.78, 5) is 10.5. The number of imidazole rings is 1. The van der Waals surface area contributed by atoms with E-state index in [-0.39, 0.29) is 0 Å². The van der Waals surface area contributed by atoms with E-state index in [0.29, 0.717) is 42.1 Å². The lowest BCUT2D eigenvalue weighted by Gasteiger charge is -2.33. The second kappa shape index (κ2) is 7.11. The lowest BCUT2D eigenvalue weighted by Crippen LogP contribution is -2.48. The summed E-state index contributed by atoms with van der Waals surface area (Å²) in [6.07, 6.45) is 0. The fraction of sp³-hybridized carbons (Fsp3) is 0.278. The van der Waals surface area contributed by atoms with E-state index >= 15 is 0 Å². The van der Waals surface area contributed by atoms with Crippen LogP contribution in [0.1, 0.15) is 5.82 Å². The number of sulfonamides is 1. The van der Waals surface area contributed by atoms with Gasteiger partial charge in [0, 0.05) is 30.7 Å². The van der Waals surface area contributed by atoms with Crippen LogP contribution in [0.5, 0.6) is 0 Å². The average Bonchev–Trinajstić information content (AvgIpc) is 3.04. The molecule has 1 aromatic heterocycles. The highest BCUT2D eigenvalue weighted by Crippen LogP contribution is 2.25. The number of H-pyrrole nitrogens is 1. The molecule has 0 radical (unpaired) electrons. The van der Waals surface area contributed by atoms with Crippen LogP contribution >= 0.6 is 15.9 Å². The van der Waals surface area contributed by atoms with Crippen LogP contribution in [-0.4, -0.2) is 53.8 Å². The van der Waals surface area contributed by atoms with Gasteiger partial charge in [-0.25, -0.2) is 13.4 Å². The summed E-state index contributed by atoms with van der Waals surface area (Å²) in [7, 11) is -3.47. The number of aromatic amines is 1. The number of nitrogens with one attached hydrogen (secondary N) is 1. The van der Waals surface area contributed by atoms with Gasteiger partial charge in [-0.2, -0.15) is 4.31 Å². The maximum atomic E-state index is 12.8. The number of para-hydroxylation sites is 2. The number of hydrogen-bond donors (Lipinski definition) is 1. The van der Waals surface area contributed by atoms with E-state index in [9.17, 15) is 8.42 Å². The molecule has 0 spiro atoms. The SMILES string of the molecule is O=S(=O)(c1ccccc1Br)N1CCN(Cc2nc3ccccc3[nH]2)CC1. The highest BCUT2D eigenvalue weighted by molar-refractivity contribution is 9.10. The van der Waals surface area contributed by atoms with Gasteiger partial charge in [-0.15, -0.1) is 0 Å². The van der Waals surface area contributed by atoms with Gasteiger partial charge in [-0.05, 0) is 40.2 Å². The van der Waals surface area contributed by atoms with E-state index in [1.807, 2.05) is 30.3 Å². The Labute approximate surface area is 161 Å². The summed E-state index contributed by atoms with van der Waals surface area (Å²) in [6, 6.07) is 14.9. The van der Waals surface area contributed by atoms with Crippen molar-refractivity contribution in [2.75, 3.05) is 26.2 Å². The molecule has 1 saturated heterocycles. The van der Waals surface area contributed by atoms with Crippen molar-refractivity contribution in [3.8, 4) is 0 Å². The quantitative estimate of drug-likeness (QED) is 0.685. The fourth-order valence-corrected chi connectivity index (χ4v) is 5.60. The van der Waals surface area contributed by atoms with Crippen molar-refractivity contribution in [2.45, 2.75) is 11.4 Å². The first-order valence-corrected chi connectivity index (χ1v) is 10.7. The van der Waals surface area contributed by atoms with Crippen LogP contribution in [-0.2, 0) is 16.6 Å². The molecule has 1 aliphatic rings. The van der Waals surface area contributed by atoms with Crippen molar-refractivity contribution in [1.82, 2.24) is 19.2 Å². The topological polar surface area (TPSA) is 69.3 Å². The summed E-state index contributed by atoms with van der Waals surface area (Å²) in [5.74, 6) is 0.910. The van der Waals surface area contributed by atoms with E-state index in [1.54, 1.807) is 22.5 Å². The number of rotatable bonds is 4. The largest absolute Gasteiger partial charge is 0.341 e. The molecule has 4 rings (SSSR count). The van der Waals surface area contributed by atoms with Gasteiger partial charge in [-0.1, -0.05) is 24.3 Å². The Kier molecular flexibility index (Phi) is 4.83. The first kappa shape index (κ1) is 17.7. The van der Waals surface area contributed by atoms with Crippen molar-refractivity contribution in [3.63, 3.8) is 0 Å². The molecule has 0 amide bonds. The summed E-state index contributed by atoms with van der Waals surface area (Å²) >= 11 is 3.34. The molecule has 0 saturated carbocycles. The minimum atomic E-state index is -3.47. The normalized spacial score (nSPS) is 17.0. The Balaban J connectivity index is 1.43. The number of fused-ring (bicyclic) bond motifs is 1. The molecular weight excluding hydrogens is 416 g/mol. The van der Waals surface area contributed by atoms with Gasteiger partial charge in [0.15, 0.2) is 0 Å². The van der Waals surface area contributed by atoms with Gasteiger partial charge in [-0.3, -0.25) is 4.90 Å². The monoisotopic (exact) mass is 434 g/mol. The molecule has 3 aromatic rings. The Morgan fingerprint density at radius 1 is 1.00 bits per heavy atom. The minimum Gasteiger partial charge on any atom is -0.341 e. The Bertz CT molecular complexity index is 993. The lowest BCUT2D eigenvalue weighted by molar-refractivity contribution is 0.178. The Morgan fingerprint density at radius 3 is 2.42 bits per heavy atom. The maximum Gasteiger partial charge on any atom is 0.244 e. The van der Waals surface area contributed by atoms with Gasteiger partial charge in [0.1, 0.15) is 5.82 Å². The minimum absolute atomic E-state index is 0.325. The first-order valence-electron chi connectivity index (χ1n) is 8.45. The molecule has 6 nitrogen and oxygen atoms in total. The Morgan fingerprint density at radius 2 is 1.69 bits per heavy atom. The molecule has 0 aliphatic carbocycles. The van der Waals surface area contributed by atoms with Gasteiger partial charge in [0.05, 0.1) is 22.5 Å². The van der Waals surface area contributed by atoms with Crippen molar-refractivity contribution in [2.24, 2.45) is 0 Å². The van der Waals surface area contributed by atoms with Gasteiger partial charge in [0.25, 0.3) is 0 Å². The number of benzene rings is 2. The molecule has 1 aliphatic heterocycles. The molecule has 2 aromatic carbocycles. The second-order valence-electron chi connectivity index (χ2n) is 6.31. The summed E-state index contributed by atoms with van der Waals surface area (Å²) in [6.45, 7) is 3.01. The second-order valence-corrected chi connectivity index (χ2v) is 9.07. The van der Waals surface area contributed by atoms with Gasteiger partial charge >= 0.3 is 0 Å². The zero-order valence-corrected chi connectivity index (χ0v) is 16.5. The number of halogens is 1.